The van der Waals surface area contributed by atoms with Gasteiger partial charge in [0.1, 0.15) is 12.4 Å². The molecule has 0 fully saturated rings. The Hall–Kier alpha value is -4.45. The molecule has 5 aromatic rings. The number of ether oxygens (including phenoxy) is 1. The van der Waals surface area contributed by atoms with E-state index in [-0.39, 0.29) is 22.2 Å². The number of carbonyl (C=O) groups excluding carboxylic acids is 1. The van der Waals surface area contributed by atoms with Crippen molar-refractivity contribution in [2.24, 2.45) is 0 Å². The maximum absolute atomic E-state index is 13.8. The molecule has 0 aliphatic rings. The average molecular weight is 512 g/mol. The lowest BCUT2D eigenvalue weighted by atomic mass is 9.91. The van der Waals surface area contributed by atoms with Crippen molar-refractivity contribution in [3.63, 3.8) is 0 Å². The molecule has 1 aromatic heterocycles. The van der Waals surface area contributed by atoms with E-state index in [1.165, 1.54) is 12.3 Å². The van der Waals surface area contributed by atoms with Crippen LogP contribution < -0.4 is 4.74 Å². The number of hydrogen-bond donors (Lipinski definition) is 0. The van der Waals surface area contributed by atoms with Gasteiger partial charge in [-0.3, -0.25) is 9.78 Å². The summed E-state index contributed by atoms with van der Waals surface area (Å²) in [5, 5.41) is 0.244. The van der Waals surface area contributed by atoms with Gasteiger partial charge in [-0.2, -0.15) is 13.2 Å². The fourth-order valence-electron chi connectivity index (χ4n) is 4.65. The van der Waals surface area contributed by atoms with Crippen molar-refractivity contribution < 1.29 is 22.7 Å². The molecule has 0 spiro atoms. The zero-order valence-corrected chi connectivity index (χ0v) is 20.8. The number of pyridine rings is 1. The molecular weight excluding hydrogens is 487 g/mol. The topological polar surface area (TPSA) is 39.2 Å². The van der Waals surface area contributed by atoms with E-state index in [2.05, 4.69) is 4.98 Å². The Kier molecular flexibility index (Phi) is 6.72. The Labute approximate surface area is 218 Å². The smallest absolute Gasteiger partial charge is 0.418 e. The number of benzene rings is 4. The molecule has 3 nitrogen and oxygen atoms in total. The number of alkyl halides is 3. The highest BCUT2D eigenvalue weighted by Gasteiger charge is 2.34. The summed E-state index contributed by atoms with van der Waals surface area (Å²) < 4.78 is 47.6. The summed E-state index contributed by atoms with van der Waals surface area (Å²) >= 11 is 0. The van der Waals surface area contributed by atoms with Crippen LogP contribution in [0.25, 0.3) is 22.0 Å². The standard InChI is InChI=1S/C32H24F3NO2/c1-20-9-6-10-21(2)27(20)19-38-24-14-7-13-23(17-24)29-25-15-8-16-28(32(33,34)35)30(25)36-18-26(29)31(37)22-11-4-3-5-12-22/h3-18H,19H2,1-2H3. The minimum atomic E-state index is -4.59. The third kappa shape index (κ3) is 4.90. The minimum Gasteiger partial charge on any atom is -0.489 e. The molecule has 0 radical (unpaired) electrons. The number of fused-ring (bicyclic) bond motifs is 1. The number of hydrogen-bond acceptors (Lipinski definition) is 3. The van der Waals surface area contributed by atoms with Gasteiger partial charge >= 0.3 is 6.18 Å². The molecule has 0 atom stereocenters. The van der Waals surface area contributed by atoms with Crippen LogP contribution in [0, 0.1) is 13.8 Å². The van der Waals surface area contributed by atoms with Crippen LogP contribution in [0.2, 0.25) is 0 Å². The van der Waals surface area contributed by atoms with E-state index in [0.717, 1.165) is 22.8 Å². The van der Waals surface area contributed by atoms with Crippen molar-refractivity contribution in [1.29, 1.82) is 0 Å². The maximum atomic E-state index is 13.8. The molecule has 0 saturated heterocycles. The maximum Gasteiger partial charge on any atom is 0.418 e. The first kappa shape index (κ1) is 25.2. The first-order valence-corrected chi connectivity index (χ1v) is 12.1. The van der Waals surface area contributed by atoms with Crippen LogP contribution >= 0.6 is 0 Å². The first-order chi connectivity index (χ1) is 18.2. The highest BCUT2D eigenvalue weighted by atomic mass is 19.4. The number of carbonyl (C=O) groups is 1. The fourth-order valence-corrected chi connectivity index (χ4v) is 4.65. The van der Waals surface area contributed by atoms with E-state index in [1.54, 1.807) is 60.7 Å². The zero-order valence-electron chi connectivity index (χ0n) is 20.8. The van der Waals surface area contributed by atoms with E-state index in [9.17, 15) is 18.0 Å². The van der Waals surface area contributed by atoms with Gasteiger partial charge in [0, 0.05) is 28.3 Å². The Balaban J connectivity index is 1.65. The largest absolute Gasteiger partial charge is 0.489 e. The van der Waals surface area contributed by atoms with Crippen LogP contribution in [0.5, 0.6) is 5.75 Å². The molecule has 0 aliphatic carbocycles. The van der Waals surface area contributed by atoms with Crippen molar-refractivity contribution in [3.8, 4) is 16.9 Å². The summed E-state index contributed by atoms with van der Waals surface area (Å²) in [5.74, 6) is 0.217. The molecule has 0 amide bonds. The molecule has 0 bridgehead atoms. The van der Waals surface area contributed by atoms with Gasteiger partial charge in [0.2, 0.25) is 0 Å². The molecule has 1 heterocycles. The summed E-state index contributed by atoms with van der Waals surface area (Å²) in [6.45, 7) is 4.38. The average Bonchev–Trinajstić information content (AvgIpc) is 2.91. The molecule has 0 N–H and O–H groups in total. The molecule has 38 heavy (non-hydrogen) atoms. The van der Waals surface area contributed by atoms with Crippen LogP contribution in [-0.4, -0.2) is 10.8 Å². The molecule has 0 aliphatic heterocycles. The molecule has 4 aromatic carbocycles. The van der Waals surface area contributed by atoms with Gasteiger partial charge < -0.3 is 4.74 Å². The lowest BCUT2D eigenvalue weighted by Gasteiger charge is -2.17. The third-order valence-electron chi connectivity index (χ3n) is 6.63. The van der Waals surface area contributed by atoms with E-state index in [1.807, 2.05) is 32.0 Å². The van der Waals surface area contributed by atoms with Crippen molar-refractivity contribution in [1.82, 2.24) is 4.98 Å². The minimum absolute atomic E-state index is 0.207. The number of rotatable bonds is 6. The van der Waals surface area contributed by atoms with Gasteiger partial charge in [-0.15, -0.1) is 0 Å². The third-order valence-corrected chi connectivity index (χ3v) is 6.63. The molecule has 6 heteroatoms. The van der Waals surface area contributed by atoms with Gasteiger partial charge in [0.25, 0.3) is 0 Å². The quantitative estimate of drug-likeness (QED) is 0.215. The second-order valence-corrected chi connectivity index (χ2v) is 9.13. The fraction of sp³-hybridized carbons (Fsp3) is 0.125. The van der Waals surface area contributed by atoms with Gasteiger partial charge in [-0.25, -0.2) is 0 Å². The van der Waals surface area contributed by atoms with Crippen molar-refractivity contribution in [3.05, 3.63) is 131 Å². The van der Waals surface area contributed by atoms with Crippen LogP contribution in [0.4, 0.5) is 13.2 Å². The van der Waals surface area contributed by atoms with Crippen molar-refractivity contribution >= 4 is 16.7 Å². The van der Waals surface area contributed by atoms with E-state index in [4.69, 9.17) is 4.74 Å². The molecule has 5 rings (SSSR count). The number of ketones is 1. The lowest BCUT2D eigenvalue weighted by molar-refractivity contribution is -0.136. The number of para-hydroxylation sites is 1. The normalized spacial score (nSPS) is 11.5. The second-order valence-electron chi connectivity index (χ2n) is 9.13. The zero-order chi connectivity index (χ0) is 26.9. The number of halogens is 3. The van der Waals surface area contributed by atoms with Crippen molar-refractivity contribution in [2.75, 3.05) is 0 Å². The Morgan fingerprint density at radius 2 is 1.53 bits per heavy atom. The van der Waals surface area contributed by atoms with Crippen LogP contribution in [0.15, 0.2) is 97.2 Å². The Bertz CT molecular complexity index is 1620. The summed E-state index contributed by atoms with van der Waals surface area (Å²) in [5.41, 5.74) is 3.82. The summed E-state index contributed by atoms with van der Waals surface area (Å²) in [6.07, 6.45) is -3.35. The number of aromatic nitrogens is 1. The Morgan fingerprint density at radius 1 is 0.842 bits per heavy atom. The predicted molar refractivity (Wildman–Crippen MR) is 142 cm³/mol. The van der Waals surface area contributed by atoms with Crippen LogP contribution in [-0.2, 0) is 12.8 Å². The monoisotopic (exact) mass is 511 g/mol. The van der Waals surface area contributed by atoms with Gasteiger partial charge in [-0.05, 0) is 54.3 Å². The van der Waals surface area contributed by atoms with Gasteiger partial charge in [0.05, 0.1) is 11.1 Å². The summed E-state index contributed by atoms with van der Waals surface area (Å²) in [7, 11) is 0. The summed E-state index contributed by atoms with van der Waals surface area (Å²) in [6, 6.07) is 25.6. The molecule has 190 valence electrons. The lowest BCUT2D eigenvalue weighted by Crippen LogP contribution is -2.09. The van der Waals surface area contributed by atoms with Crippen molar-refractivity contribution in [2.45, 2.75) is 26.6 Å². The highest BCUT2D eigenvalue weighted by molar-refractivity contribution is 6.16. The van der Waals surface area contributed by atoms with E-state index in [0.29, 0.717) is 29.0 Å². The first-order valence-electron chi connectivity index (χ1n) is 12.1. The second kappa shape index (κ2) is 10.1. The highest BCUT2D eigenvalue weighted by Crippen LogP contribution is 2.39. The molecule has 0 saturated carbocycles. The number of nitrogens with zero attached hydrogens (tertiary/aromatic N) is 1. The van der Waals surface area contributed by atoms with E-state index < -0.39 is 11.7 Å². The predicted octanol–water partition coefficient (Wildman–Crippen LogP) is 8.35. The molecule has 0 unspecified atom stereocenters. The Morgan fingerprint density at radius 3 is 2.24 bits per heavy atom. The van der Waals surface area contributed by atoms with Crippen LogP contribution in [0.3, 0.4) is 0 Å². The van der Waals surface area contributed by atoms with Crippen LogP contribution in [0.1, 0.15) is 38.2 Å². The number of aryl methyl sites for hydroxylation is 2. The summed E-state index contributed by atoms with van der Waals surface area (Å²) in [4.78, 5) is 17.7. The SMILES string of the molecule is Cc1cccc(C)c1COc1cccc(-c2c(C(=O)c3ccccc3)cnc3c(C(F)(F)F)cccc23)c1. The van der Waals surface area contributed by atoms with Gasteiger partial charge in [-0.1, -0.05) is 72.8 Å². The molecular formula is C32H24F3NO2. The van der Waals surface area contributed by atoms with Gasteiger partial charge in [0.15, 0.2) is 5.78 Å². The van der Waals surface area contributed by atoms with E-state index >= 15 is 0 Å².